The fraction of sp³-hybridized carbons (Fsp3) is 0.667. The van der Waals surface area contributed by atoms with Gasteiger partial charge in [-0.05, 0) is 31.9 Å². The lowest BCUT2D eigenvalue weighted by Crippen LogP contribution is -2.41. The van der Waals surface area contributed by atoms with Gasteiger partial charge in [0.05, 0.1) is 6.10 Å². The van der Waals surface area contributed by atoms with Crippen molar-refractivity contribution in [1.29, 1.82) is 0 Å². The lowest BCUT2D eigenvalue weighted by atomic mass is 9.92. The van der Waals surface area contributed by atoms with Crippen molar-refractivity contribution in [3.05, 3.63) is 21.9 Å². The molecule has 84 valence electrons. The molecule has 2 atom stereocenters. The summed E-state index contributed by atoms with van der Waals surface area (Å²) in [6.07, 6.45) is 4.36. The summed E-state index contributed by atoms with van der Waals surface area (Å²) in [4.78, 5) is 2.72. The minimum Gasteiger partial charge on any atom is -0.392 e. The number of thiophene rings is 1. The average Bonchev–Trinajstić information content (AvgIpc) is 2.63. The van der Waals surface area contributed by atoms with E-state index in [4.69, 9.17) is 0 Å². The highest BCUT2D eigenvalue weighted by Crippen LogP contribution is 2.20. The molecule has 0 amide bonds. The smallest absolute Gasteiger partial charge is 0.0693 e. The Labute approximate surface area is 95.3 Å². The van der Waals surface area contributed by atoms with E-state index in [1.807, 2.05) is 11.3 Å². The van der Waals surface area contributed by atoms with Crippen molar-refractivity contribution in [3.63, 3.8) is 0 Å². The van der Waals surface area contributed by atoms with E-state index in [2.05, 4.69) is 24.4 Å². The van der Waals surface area contributed by atoms with Crippen molar-refractivity contribution in [2.24, 2.45) is 0 Å². The molecule has 0 radical (unpaired) electrons. The van der Waals surface area contributed by atoms with Gasteiger partial charge in [-0.1, -0.05) is 12.8 Å². The Morgan fingerprint density at radius 1 is 1.40 bits per heavy atom. The SMILES string of the molecule is Cc1ccc(CNC2CCCCC2O)s1. The molecule has 1 heterocycles. The standard InChI is InChI=1S/C12H19NOS/c1-9-6-7-10(15-9)8-13-11-4-2-3-5-12(11)14/h6-7,11-14H,2-5,8H2,1H3. The van der Waals surface area contributed by atoms with E-state index < -0.39 is 0 Å². The van der Waals surface area contributed by atoms with Gasteiger partial charge in [-0.2, -0.15) is 0 Å². The molecule has 1 aromatic heterocycles. The predicted molar refractivity (Wildman–Crippen MR) is 64.2 cm³/mol. The van der Waals surface area contributed by atoms with Crippen LogP contribution in [-0.2, 0) is 6.54 Å². The van der Waals surface area contributed by atoms with Crippen molar-refractivity contribution in [2.45, 2.75) is 51.3 Å². The van der Waals surface area contributed by atoms with Crippen molar-refractivity contribution in [3.8, 4) is 0 Å². The van der Waals surface area contributed by atoms with Crippen LogP contribution in [-0.4, -0.2) is 17.3 Å². The Morgan fingerprint density at radius 3 is 2.87 bits per heavy atom. The number of rotatable bonds is 3. The van der Waals surface area contributed by atoms with E-state index in [-0.39, 0.29) is 6.10 Å². The third-order valence-electron chi connectivity index (χ3n) is 3.06. The van der Waals surface area contributed by atoms with E-state index in [0.29, 0.717) is 6.04 Å². The molecule has 2 N–H and O–H groups in total. The molecule has 0 aromatic carbocycles. The van der Waals surface area contributed by atoms with Crippen LogP contribution in [0.25, 0.3) is 0 Å². The van der Waals surface area contributed by atoms with Gasteiger partial charge in [0, 0.05) is 22.3 Å². The number of aryl methyl sites for hydroxylation is 1. The summed E-state index contributed by atoms with van der Waals surface area (Å²) in [5.74, 6) is 0. The third-order valence-corrected chi connectivity index (χ3v) is 4.06. The topological polar surface area (TPSA) is 32.3 Å². The second-order valence-electron chi connectivity index (χ2n) is 4.35. The summed E-state index contributed by atoms with van der Waals surface area (Å²) in [7, 11) is 0. The van der Waals surface area contributed by atoms with E-state index in [9.17, 15) is 5.11 Å². The zero-order valence-electron chi connectivity index (χ0n) is 9.20. The summed E-state index contributed by atoms with van der Waals surface area (Å²) in [5.41, 5.74) is 0. The van der Waals surface area contributed by atoms with Crippen LogP contribution < -0.4 is 5.32 Å². The molecule has 0 bridgehead atoms. The van der Waals surface area contributed by atoms with Crippen LogP contribution >= 0.6 is 11.3 Å². The number of nitrogens with one attached hydrogen (secondary N) is 1. The summed E-state index contributed by atoms with van der Waals surface area (Å²) >= 11 is 1.83. The predicted octanol–water partition coefficient (Wildman–Crippen LogP) is 2.45. The molecule has 3 heteroatoms. The quantitative estimate of drug-likeness (QED) is 0.828. The fourth-order valence-electron chi connectivity index (χ4n) is 2.16. The first-order valence-electron chi connectivity index (χ1n) is 5.72. The first kappa shape index (κ1) is 11.1. The number of aliphatic hydroxyl groups is 1. The molecule has 1 fully saturated rings. The average molecular weight is 225 g/mol. The van der Waals surface area contributed by atoms with Gasteiger partial charge in [-0.15, -0.1) is 11.3 Å². The Hall–Kier alpha value is -0.380. The van der Waals surface area contributed by atoms with Gasteiger partial charge in [0.25, 0.3) is 0 Å². The maximum atomic E-state index is 9.79. The molecule has 1 saturated carbocycles. The second-order valence-corrected chi connectivity index (χ2v) is 5.72. The summed E-state index contributed by atoms with van der Waals surface area (Å²) in [5, 5.41) is 13.3. The summed E-state index contributed by atoms with van der Waals surface area (Å²) < 4.78 is 0. The van der Waals surface area contributed by atoms with E-state index in [1.54, 1.807) is 0 Å². The van der Waals surface area contributed by atoms with Gasteiger partial charge in [-0.3, -0.25) is 0 Å². The number of aliphatic hydroxyl groups excluding tert-OH is 1. The molecule has 15 heavy (non-hydrogen) atoms. The monoisotopic (exact) mass is 225 g/mol. The highest BCUT2D eigenvalue weighted by molar-refractivity contribution is 7.11. The lowest BCUT2D eigenvalue weighted by molar-refractivity contribution is 0.0904. The van der Waals surface area contributed by atoms with Crippen molar-refractivity contribution in [2.75, 3.05) is 0 Å². The van der Waals surface area contributed by atoms with Gasteiger partial charge in [-0.25, -0.2) is 0 Å². The first-order chi connectivity index (χ1) is 7.25. The molecule has 0 saturated heterocycles. The molecule has 1 aliphatic carbocycles. The normalized spacial score (nSPS) is 26.8. The maximum Gasteiger partial charge on any atom is 0.0693 e. The zero-order valence-corrected chi connectivity index (χ0v) is 10.0. The second kappa shape index (κ2) is 5.10. The largest absolute Gasteiger partial charge is 0.392 e. The van der Waals surface area contributed by atoms with Gasteiger partial charge in [0.1, 0.15) is 0 Å². The maximum absolute atomic E-state index is 9.79. The highest BCUT2D eigenvalue weighted by Gasteiger charge is 2.22. The third kappa shape index (κ3) is 3.03. The van der Waals surface area contributed by atoms with Crippen LogP contribution in [0.1, 0.15) is 35.4 Å². The van der Waals surface area contributed by atoms with Crippen LogP contribution in [0.15, 0.2) is 12.1 Å². The Bertz CT molecular complexity index is 310. The molecular weight excluding hydrogens is 206 g/mol. The van der Waals surface area contributed by atoms with E-state index in [1.165, 1.54) is 22.6 Å². The van der Waals surface area contributed by atoms with Crippen LogP contribution in [0.4, 0.5) is 0 Å². The lowest BCUT2D eigenvalue weighted by Gasteiger charge is -2.28. The molecule has 0 spiro atoms. The molecule has 2 unspecified atom stereocenters. The Morgan fingerprint density at radius 2 is 2.20 bits per heavy atom. The van der Waals surface area contributed by atoms with Gasteiger partial charge < -0.3 is 10.4 Å². The van der Waals surface area contributed by atoms with Gasteiger partial charge in [0.2, 0.25) is 0 Å². The summed E-state index contributed by atoms with van der Waals surface area (Å²) in [6, 6.07) is 4.63. The van der Waals surface area contributed by atoms with Crippen LogP contribution in [0.3, 0.4) is 0 Å². The van der Waals surface area contributed by atoms with Crippen molar-refractivity contribution in [1.82, 2.24) is 5.32 Å². The molecule has 2 nitrogen and oxygen atoms in total. The molecule has 1 aliphatic rings. The van der Waals surface area contributed by atoms with Crippen LogP contribution in [0.2, 0.25) is 0 Å². The highest BCUT2D eigenvalue weighted by atomic mass is 32.1. The van der Waals surface area contributed by atoms with Crippen LogP contribution in [0, 0.1) is 6.92 Å². The van der Waals surface area contributed by atoms with Crippen molar-refractivity contribution >= 4 is 11.3 Å². The fourth-order valence-corrected chi connectivity index (χ4v) is 3.00. The van der Waals surface area contributed by atoms with Gasteiger partial charge >= 0.3 is 0 Å². The Kier molecular flexibility index (Phi) is 3.78. The number of hydrogen-bond donors (Lipinski definition) is 2. The Balaban J connectivity index is 1.81. The molecular formula is C12H19NOS. The minimum absolute atomic E-state index is 0.139. The minimum atomic E-state index is -0.139. The molecule has 1 aromatic rings. The molecule has 0 aliphatic heterocycles. The zero-order chi connectivity index (χ0) is 10.7. The summed E-state index contributed by atoms with van der Waals surface area (Å²) in [6.45, 7) is 3.03. The molecule has 2 rings (SSSR count). The van der Waals surface area contributed by atoms with Crippen molar-refractivity contribution < 1.29 is 5.11 Å². The first-order valence-corrected chi connectivity index (χ1v) is 6.54. The van der Waals surface area contributed by atoms with Gasteiger partial charge in [0.15, 0.2) is 0 Å². The van der Waals surface area contributed by atoms with Crippen LogP contribution in [0.5, 0.6) is 0 Å². The van der Waals surface area contributed by atoms with E-state index >= 15 is 0 Å². The number of hydrogen-bond acceptors (Lipinski definition) is 3. The van der Waals surface area contributed by atoms with E-state index in [0.717, 1.165) is 19.4 Å².